The van der Waals surface area contributed by atoms with E-state index >= 15 is 0 Å². The molecule has 3 rings (SSSR count). The lowest BCUT2D eigenvalue weighted by atomic mass is 10.2. The number of benzene rings is 3. The van der Waals surface area contributed by atoms with Gasteiger partial charge in [0.05, 0.1) is 23.4 Å². The van der Waals surface area contributed by atoms with Gasteiger partial charge in [-0.05, 0) is 87.0 Å². The van der Waals surface area contributed by atoms with E-state index in [1.165, 1.54) is 30.5 Å². The Kier molecular flexibility index (Phi) is 9.93. The van der Waals surface area contributed by atoms with Gasteiger partial charge in [-0.15, -0.1) is 0 Å². The van der Waals surface area contributed by atoms with Crippen LogP contribution in [-0.4, -0.2) is 46.8 Å². The predicted molar refractivity (Wildman–Crippen MR) is 149 cm³/mol. The molecule has 0 aliphatic rings. The first kappa shape index (κ1) is 28.0. The van der Waals surface area contributed by atoms with Crippen molar-refractivity contribution in [3.8, 4) is 5.75 Å². The number of hydrogen-bond acceptors (Lipinski definition) is 6. The van der Waals surface area contributed by atoms with Gasteiger partial charge < -0.3 is 9.64 Å². The zero-order valence-electron chi connectivity index (χ0n) is 21.1. The molecular weight excluding hydrogens is 512 g/mol. The molecule has 0 saturated heterocycles. The lowest BCUT2D eigenvalue weighted by Crippen LogP contribution is -2.39. The quantitative estimate of drug-likeness (QED) is 0.259. The molecule has 10 heteroatoms. The van der Waals surface area contributed by atoms with Gasteiger partial charge in [0.2, 0.25) is 0 Å². The van der Waals surface area contributed by atoms with E-state index in [4.69, 9.17) is 16.3 Å². The maximum atomic E-state index is 13.5. The lowest BCUT2D eigenvalue weighted by Gasteiger charge is -2.24. The first-order valence-electron chi connectivity index (χ1n) is 12.0. The van der Waals surface area contributed by atoms with Crippen LogP contribution in [0.15, 0.2) is 82.8 Å². The number of carbonyl (C=O) groups excluding carboxylic acids is 1. The van der Waals surface area contributed by atoms with E-state index in [0.717, 1.165) is 28.6 Å². The van der Waals surface area contributed by atoms with Gasteiger partial charge in [0.15, 0.2) is 0 Å². The molecule has 0 aromatic heterocycles. The molecule has 3 aromatic carbocycles. The zero-order valence-corrected chi connectivity index (χ0v) is 22.7. The number of hydrogen-bond donors (Lipinski definition) is 1. The van der Waals surface area contributed by atoms with Crippen molar-refractivity contribution in [2.24, 2.45) is 5.10 Å². The van der Waals surface area contributed by atoms with Gasteiger partial charge in [-0.1, -0.05) is 23.7 Å². The summed E-state index contributed by atoms with van der Waals surface area (Å²) in [5.74, 6) is -0.00131. The first-order chi connectivity index (χ1) is 17.8. The highest BCUT2D eigenvalue weighted by atomic mass is 35.5. The SMILES string of the molecule is CCOc1ccc(N(CC(=O)N/N=C\c2ccc(N(CC)CC)cc2)S(=O)(=O)c2ccc(Cl)cc2)cc1. The van der Waals surface area contributed by atoms with Crippen molar-refractivity contribution in [3.63, 3.8) is 0 Å². The normalized spacial score (nSPS) is 11.4. The van der Waals surface area contributed by atoms with Gasteiger partial charge in [0.1, 0.15) is 12.3 Å². The molecule has 0 aliphatic heterocycles. The summed E-state index contributed by atoms with van der Waals surface area (Å²) in [6.45, 7) is 7.86. The van der Waals surface area contributed by atoms with Crippen molar-refractivity contribution in [1.82, 2.24) is 5.43 Å². The molecule has 0 atom stereocenters. The topological polar surface area (TPSA) is 91.3 Å². The van der Waals surface area contributed by atoms with Gasteiger partial charge in [0.25, 0.3) is 15.9 Å². The number of nitrogens with one attached hydrogen (secondary N) is 1. The number of carbonyl (C=O) groups is 1. The van der Waals surface area contributed by atoms with E-state index in [-0.39, 0.29) is 4.90 Å². The first-order valence-corrected chi connectivity index (χ1v) is 13.8. The monoisotopic (exact) mass is 542 g/mol. The van der Waals surface area contributed by atoms with Crippen molar-refractivity contribution in [1.29, 1.82) is 0 Å². The van der Waals surface area contributed by atoms with Crippen molar-refractivity contribution in [2.45, 2.75) is 25.7 Å². The molecule has 0 bridgehead atoms. The third kappa shape index (κ3) is 7.47. The Morgan fingerprint density at radius 3 is 2.08 bits per heavy atom. The van der Waals surface area contributed by atoms with Crippen LogP contribution in [0.1, 0.15) is 26.3 Å². The largest absolute Gasteiger partial charge is 0.494 e. The van der Waals surface area contributed by atoms with Crippen LogP contribution >= 0.6 is 11.6 Å². The van der Waals surface area contributed by atoms with Crippen LogP contribution in [0.2, 0.25) is 5.02 Å². The minimum absolute atomic E-state index is 0.00961. The highest BCUT2D eigenvalue weighted by Crippen LogP contribution is 2.26. The van der Waals surface area contributed by atoms with Crippen LogP contribution in [0.4, 0.5) is 11.4 Å². The summed E-state index contributed by atoms with van der Waals surface area (Å²) in [6, 6.07) is 20.0. The molecule has 0 heterocycles. The van der Waals surface area contributed by atoms with Crippen LogP contribution in [0.3, 0.4) is 0 Å². The van der Waals surface area contributed by atoms with E-state index in [0.29, 0.717) is 23.1 Å². The highest BCUT2D eigenvalue weighted by molar-refractivity contribution is 7.92. The fourth-order valence-electron chi connectivity index (χ4n) is 3.63. The van der Waals surface area contributed by atoms with Crippen LogP contribution in [0.25, 0.3) is 0 Å². The Bertz CT molecular complexity index is 1290. The Labute approximate surface area is 223 Å². The van der Waals surface area contributed by atoms with Crippen LogP contribution in [0, 0.1) is 0 Å². The molecule has 0 unspecified atom stereocenters. The molecule has 0 spiro atoms. The third-order valence-corrected chi connectivity index (χ3v) is 7.59. The summed E-state index contributed by atoms with van der Waals surface area (Å²) in [7, 11) is -4.07. The molecule has 0 saturated carbocycles. The van der Waals surface area contributed by atoms with Crippen molar-refractivity contribution < 1.29 is 17.9 Å². The number of hydrazone groups is 1. The molecule has 196 valence electrons. The van der Waals surface area contributed by atoms with E-state index in [1.54, 1.807) is 24.3 Å². The van der Waals surface area contributed by atoms with Gasteiger partial charge >= 0.3 is 0 Å². The third-order valence-electron chi connectivity index (χ3n) is 5.55. The van der Waals surface area contributed by atoms with E-state index in [2.05, 4.69) is 29.3 Å². The molecule has 0 fully saturated rings. The number of rotatable bonds is 12. The van der Waals surface area contributed by atoms with Crippen LogP contribution in [-0.2, 0) is 14.8 Å². The van der Waals surface area contributed by atoms with Gasteiger partial charge in [-0.3, -0.25) is 9.10 Å². The van der Waals surface area contributed by atoms with Gasteiger partial charge in [-0.2, -0.15) is 5.10 Å². The van der Waals surface area contributed by atoms with Crippen molar-refractivity contribution in [2.75, 3.05) is 35.4 Å². The fourth-order valence-corrected chi connectivity index (χ4v) is 5.18. The number of amides is 1. The van der Waals surface area contributed by atoms with Crippen LogP contribution in [0.5, 0.6) is 5.75 Å². The predicted octanol–water partition coefficient (Wildman–Crippen LogP) is 4.93. The second-order valence-corrected chi connectivity index (χ2v) is 10.2. The summed E-state index contributed by atoms with van der Waals surface area (Å²) >= 11 is 5.93. The Morgan fingerprint density at radius 2 is 1.51 bits per heavy atom. The van der Waals surface area contributed by atoms with Crippen LogP contribution < -0.4 is 19.4 Å². The molecular formula is C27H31ClN4O4S. The average molecular weight is 543 g/mol. The Balaban J connectivity index is 1.77. The summed E-state index contributed by atoms with van der Waals surface area (Å²) in [4.78, 5) is 15.0. The molecule has 0 radical (unpaired) electrons. The number of halogens is 1. The minimum atomic E-state index is -4.07. The standard InChI is InChI=1S/C27H31ClN4O4S/c1-4-31(5-2)23-11-7-21(8-12-23)19-29-30-27(33)20-32(24-13-15-25(16-14-24)36-6-3)37(34,35)26-17-9-22(28)10-18-26/h7-19H,4-6,20H2,1-3H3,(H,30,33)/b29-19-. The van der Waals surface area contributed by atoms with E-state index in [1.807, 2.05) is 31.2 Å². The number of sulfonamides is 1. The molecule has 1 amide bonds. The lowest BCUT2D eigenvalue weighted by molar-refractivity contribution is -0.119. The fraction of sp³-hybridized carbons (Fsp3) is 0.259. The van der Waals surface area contributed by atoms with Crippen molar-refractivity contribution >= 4 is 45.1 Å². The van der Waals surface area contributed by atoms with E-state index in [9.17, 15) is 13.2 Å². The second-order valence-electron chi connectivity index (χ2n) is 7.95. The Hall–Kier alpha value is -3.56. The number of anilines is 2. The van der Waals surface area contributed by atoms with E-state index < -0.39 is 22.5 Å². The number of nitrogens with zero attached hydrogens (tertiary/aromatic N) is 3. The van der Waals surface area contributed by atoms with Gasteiger partial charge in [0, 0.05) is 23.8 Å². The summed E-state index contributed by atoms with van der Waals surface area (Å²) in [6.07, 6.45) is 1.51. The van der Waals surface area contributed by atoms with Gasteiger partial charge in [-0.25, -0.2) is 13.8 Å². The molecule has 0 aliphatic carbocycles. The maximum Gasteiger partial charge on any atom is 0.264 e. The number of ether oxygens (including phenoxy) is 1. The smallest absolute Gasteiger partial charge is 0.264 e. The van der Waals surface area contributed by atoms with Crippen molar-refractivity contribution in [3.05, 3.63) is 83.4 Å². The molecule has 37 heavy (non-hydrogen) atoms. The summed E-state index contributed by atoms with van der Waals surface area (Å²) in [5.41, 5.74) is 4.63. The maximum absolute atomic E-state index is 13.5. The Morgan fingerprint density at radius 1 is 0.919 bits per heavy atom. The summed E-state index contributed by atoms with van der Waals surface area (Å²) < 4.78 is 33.4. The molecule has 1 N–H and O–H groups in total. The summed E-state index contributed by atoms with van der Waals surface area (Å²) in [5, 5.41) is 4.42. The second kappa shape index (κ2) is 13.1. The zero-order chi connectivity index (χ0) is 26.8. The molecule has 8 nitrogen and oxygen atoms in total. The highest BCUT2D eigenvalue weighted by Gasteiger charge is 2.27. The molecule has 3 aromatic rings. The minimum Gasteiger partial charge on any atom is -0.494 e. The average Bonchev–Trinajstić information content (AvgIpc) is 2.90.